The Hall–Kier alpha value is -4.41. The molecule has 0 atom stereocenters. The Kier molecular flexibility index (Phi) is 6.72. The van der Waals surface area contributed by atoms with Gasteiger partial charge in [0.15, 0.2) is 0 Å². The Bertz CT molecular complexity index is 1420. The maximum Gasteiger partial charge on any atom is 0.232 e. The van der Waals surface area contributed by atoms with Crippen molar-refractivity contribution in [2.75, 3.05) is 4.90 Å². The van der Waals surface area contributed by atoms with Gasteiger partial charge in [0.1, 0.15) is 22.6 Å². The molecule has 1 heterocycles. The maximum atomic E-state index is 10.5. The highest BCUT2D eigenvalue weighted by atomic mass is 32.1. The van der Waals surface area contributed by atoms with Gasteiger partial charge in [0.2, 0.25) is 5.82 Å². The molecule has 0 fully saturated rings. The third kappa shape index (κ3) is 4.82. The van der Waals surface area contributed by atoms with Gasteiger partial charge in [-0.05, 0) is 48.2 Å². The van der Waals surface area contributed by atoms with Crippen LogP contribution in [0.5, 0.6) is 11.5 Å². The molecule has 0 radical (unpaired) electrons. The van der Waals surface area contributed by atoms with Gasteiger partial charge >= 0.3 is 0 Å². The van der Waals surface area contributed by atoms with E-state index in [2.05, 4.69) is 20.7 Å². The smallest absolute Gasteiger partial charge is 0.232 e. The predicted molar refractivity (Wildman–Crippen MR) is 138 cm³/mol. The van der Waals surface area contributed by atoms with E-state index in [9.17, 15) is 10.2 Å². The van der Waals surface area contributed by atoms with Gasteiger partial charge in [-0.3, -0.25) is 0 Å². The predicted octanol–water partition coefficient (Wildman–Crippen LogP) is 5.08. The van der Waals surface area contributed by atoms with Crippen molar-refractivity contribution in [3.8, 4) is 28.8 Å². The van der Waals surface area contributed by atoms with Crippen molar-refractivity contribution in [3.63, 3.8) is 0 Å². The van der Waals surface area contributed by atoms with Gasteiger partial charge in [-0.2, -0.15) is 5.26 Å². The van der Waals surface area contributed by atoms with Crippen LogP contribution < -0.4 is 4.90 Å². The van der Waals surface area contributed by atoms with E-state index in [4.69, 9.17) is 5.26 Å². The van der Waals surface area contributed by atoms with Crippen LogP contribution in [0.15, 0.2) is 79.0 Å². The Balaban J connectivity index is 1.78. The zero-order valence-electron chi connectivity index (χ0n) is 18.5. The number of anilines is 1. The second kappa shape index (κ2) is 10.0. The van der Waals surface area contributed by atoms with Crippen LogP contribution in [0.3, 0.4) is 0 Å². The second-order valence-electron chi connectivity index (χ2n) is 7.61. The van der Waals surface area contributed by atoms with E-state index < -0.39 is 0 Å². The number of aromatic hydroxyl groups is 2. The molecule has 0 aliphatic carbocycles. The topological polar surface area (TPSA) is 93.3 Å². The lowest BCUT2D eigenvalue weighted by Crippen LogP contribution is -2.30. The van der Waals surface area contributed by atoms with Gasteiger partial charge < -0.3 is 15.1 Å². The van der Waals surface area contributed by atoms with E-state index in [1.807, 2.05) is 67.6 Å². The van der Waals surface area contributed by atoms with Crippen molar-refractivity contribution in [2.24, 2.45) is 0 Å². The van der Waals surface area contributed by atoms with Crippen molar-refractivity contribution >= 4 is 27.5 Å². The van der Waals surface area contributed by atoms with Crippen molar-refractivity contribution < 1.29 is 10.2 Å². The Labute approximate surface area is 201 Å². The molecular formula is C27H22N4O2S. The van der Waals surface area contributed by atoms with Gasteiger partial charge in [-0.1, -0.05) is 42.5 Å². The average Bonchev–Trinajstić information content (AvgIpc) is 2.86. The van der Waals surface area contributed by atoms with Crippen LogP contribution in [0.4, 0.5) is 5.69 Å². The number of phenols is 2. The SMILES string of the molecule is C=S=C(c1ccc(O)cc1O)N(Cc1ccccc1)c1ccc(-c2nc(C#N)ncc2C)cc1. The van der Waals surface area contributed by atoms with Crippen molar-refractivity contribution in [1.82, 2.24) is 9.97 Å². The molecule has 0 saturated carbocycles. The minimum Gasteiger partial charge on any atom is -0.508 e. The third-order valence-corrected chi connectivity index (χ3v) is 6.01. The minimum absolute atomic E-state index is 0.00872. The molecule has 7 heteroatoms. The molecule has 0 unspecified atom stereocenters. The number of rotatable bonds is 5. The first-order chi connectivity index (χ1) is 16.5. The van der Waals surface area contributed by atoms with Crippen LogP contribution in [-0.2, 0) is 6.54 Å². The lowest BCUT2D eigenvalue weighted by Gasteiger charge is -2.27. The van der Waals surface area contributed by atoms with Crippen LogP contribution >= 0.6 is 10.9 Å². The Morgan fingerprint density at radius 3 is 2.44 bits per heavy atom. The third-order valence-electron chi connectivity index (χ3n) is 5.30. The number of aromatic nitrogens is 2. The molecule has 34 heavy (non-hydrogen) atoms. The van der Waals surface area contributed by atoms with E-state index in [-0.39, 0.29) is 17.3 Å². The lowest BCUT2D eigenvalue weighted by molar-refractivity contribution is 0.450. The fraction of sp³-hybridized carbons (Fsp3) is 0.0741. The molecule has 0 bridgehead atoms. The van der Waals surface area contributed by atoms with Gasteiger partial charge in [-0.25, -0.2) is 9.97 Å². The standard InChI is InChI=1S/C27H22N4O2S/c1-18-16-29-25(15-28)30-26(18)20-8-10-21(11-9-20)31(17-19-6-4-3-5-7-19)27(34-2)23-13-12-22(32)14-24(23)33/h3-14,16,32-33H,2,17H2,1H3. The van der Waals surface area contributed by atoms with E-state index in [1.165, 1.54) is 17.0 Å². The highest BCUT2D eigenvalue weighted by Gasteiger charge is 2.18. The van der Waals surface area contributed by atoms with Gasteiger partial charge in [-0.15, -0.1) is 10.9 Å². The maximum absolute atomic E-state index is 10.5. The largest absolute Gasteiger partial charge is 0.508 e. The van der Waals surface area contributed by atoms with Crippen molar-refractivity contribution in [3.05, 3.63) is 102 Å². The number of nitriles is 1. The van der Waals surface area contributed by atoms with Gasteiger partial charge in [0.05, 0.1) is 11.3 Å². The summed E-state index contributed by atoms with van der Waals surface area (Å²) in [5, 5.41) is 29.4. The van der Waals surface area contributed by atoms with Gasteiger partial charge in [0, 0.05) is 30.1 Å². The monoisotopic (exact) mass is 466 g/mol. The molecule has 2 N–H and O–H groups in total. The van der Waals surface area contributed by atoms with E-state index in [0.29, 0.717) is 17.8 Å². The van der Waals surface area contributed by atoms with Crippen LogP contribution in [0, 0.1) is 18.3 Å². The molecule has 4 aromatic rings. The molecular weight excluding hydrogens is 444 g/mol. The minimum atomic E-state index is -0.0264. The first kappa shape index (κ1) is 22.8. The number of aryl methyl sites for hydroxylation is 1. The summed E-state index contributed by atoms with van der Waals surface area (Å²) in [7, 11) is 1.27. The summed E-state index contributed by atoms with van der Waals surface area (Å²) in [4.78, 5) is 11.2. The Morgan fingerprint density at radius 2 is 1.79 bits per heavy atom. The lowest BCUT2D eigenvalue weighted by atomic mass is 10.1. The molecule has 0 amide bonds. The summed E-state index contributed by atoms with van der Waals surface area (Å²) in [6.45, 7) is 2.45. The van der Waals surface area contributed by atoms with Crippen molar-refractivity contribution in [1.29, 1.82) is 5.26 Å². The number of nitrogens with zero attached hydrogens (tertiary/aromatic N) is 4. The first-order valence-electron chi connectivity index (χ1n) is 10.5. The fourth-order valence-electron chi connectivity index (χ4n) is 3.64. The van der Waals surface area contributed by atoms with E-state index in [0.717, 1.165) is 27.4 Å². The molecule has 6 nitrogen and oxygen atoms in total. The zero-order valence-corrected chi connectivity index (χ0v) is 19.3. The zero-order chi connectivity index (χ0) is 24.1. The molecule has 0 saturated heterocycles. The number of hydrogen-bond donors (Lipinski definition) is 2. The molecule has 0 aliphatic rings. The molecule has 3 aromatic carbocycles. The number of benzene rings is 3. The van der Waals surface area contributed by atoms with E-state index >= 15 is 0 Å². The normalized spacial score (nSPS) is 10.4. The first-order valence-corrected chi connectivity index (χ1v) is 11.5. The average molecular weight is 467 g/mol. The highest BCUT2D eigenvalue weighted by Crippen LogP contribution is 2.30. The Morgan fingerprint density at radius 1 is 1.06 bits per heavy atom. The van der Waals surface area contributed by atoms with E-state index in [1.54, 1.807) is 18.3 Å². The fourth-order valence-corrected chi connectivity index (χ4v) is 4.29. The van der Waals surface area contributed by atoms with Crippen LogP contribution in [0.2, 0.25) is 0 Å². The van der Waals surface area contributed by atoms with Crippen LogP contribution in [0.25, 0.3) is 11.3 Å². The van der Waals surface area contributed by atoms with Crippen molar-refractivity contribution in [2.45, 2.75) is 13.5 Å². The molecule has 4 rings (SSSR count). The number of phenolic OH excluding ortho intramolecular Hbond substituents is 2. The summed E-state index contributed by atoms with van der Waals surface area (Å²) in [5.74, 6) is 4.12. The summed E-state index contributed by atoms with van der Waals surface area (Å²) in [5.41, 5.74) is 5.00. The summed E-state index contributed by atoms with van der Waals surface area (Å²) in [6.07, 6.45) is 1.65. The molecule has 0 spiro atoms. The second-order valence-corrected chi connectivity index (χ2v) is 8.28. The van der Waals surface area contributed by atoms with Gasteiger partial charge in [0.25, 0.3) is 0 Å². The molecule has 1 aromatic heterocycles. The molecule has 168 valence electrons. The molecule has 0 aliphatic heterocycles. The number of hydrogen-bond acceptors (Lipinski definition) is 5. The quantitative estimate of drug-likeness (QED) is 0.398. The van der Waals surface area contributed by atoms with Crippen LogP contribution in [-0.4, -0.2) is 31.0 Å². The highest BCUT2D eigenvalue weighted by molar-refractivity contribution is 7.96. The summed E-state index contributed by atoms with van der Waals surface area (Å²) >= 11 is 0. The summed E-state index contributed by atoms with van der Waals surface area (Å²) < 4.78 is 0. The van der Waals surface area contributed by atoms with Crippen LogP contribution in [0.1, 0.15) is 22.5 Å². The summed E-state index contributed by atoms with van der Waals surface area (Å²) in [6, 6.07) is 24.4.